The summed E-state index contributed by atoms with van der Waals surface area (Å²) in [5.74, 6) is -1.77. The number of ether oxygens (including phenoxy) is 1. The van der Waals surface area contributed by atoms with E-state index in [2.05, 4.69) is 14.8 Å². The molecular formula is C19H19F3N4O3. The van der Waals surface area contributed by atoms with Crippen LogP contribution in [0.15, 0.2) is 40.9 Å². The molecule has 29 heavy (non-hydrogen) atoms. The molecule has 1 amide bonds. The summed E-state index contributed by atoms with van der Waals surface area (Å²) in [5, 5.41) is 6.59. The van der Waals surface area contributed by atoms with Crippen LogP contribution in [0.3, 0.4) is 0 Å². The van der Waals surface area contributed by atoms with Crippen molar-refractivity contribution >= 4 is 11.6 Å². The molecule has 0 spiro atoms. The van der Waals surface area contributed by atoms with Crippen LogP contribution in [0.4, 0.5) is 18.9 Å². The van der Waals surface area contributed by atoms with E-state index < -0.39 is 23.4 Å². The molecule has 0 atom stereocenters. The Hall–Kier alpha value is -3.27. The summed E-state index contributed by atoms with van der Waals surface area (Å²) in [6, 6.07) is 7.54. The largest absolute Gasteiger partial charge is 0.492 e. The van der Waals surface area contributed by atoms with Crippen LogP contribution in [0.1, 0.15) is 21.9 Å². The number of nitrogens with zero attached hydrogens (tertiary/aromatic N) is 2. The van der Waals surface area contributed by atoms with Gasteiger partial charge in [-0.1, -0.05) is 0 Å². The van der Waals surface area contributed by atoms with Gasteiger partial charge in [-0.2, -0.15) is 18.3 Å². The average molecular weight is 408 g/mol. The van der Waals surface area contributed by atoms with Crippen LogP contribution in [0.2, 0.25) is 0 Å². The molecule has 2 aromatic heterocycles. The average Bonchev–Trinajstić information content (AvgIpc) is 3.26. The van der Waals surface area contributed by atoms with E-state index in [1.807, 2.05) is 0 Å². The van der Waals surface area contributed by atoms with Gasteiger partial charge in [0.05, 0.1) is 11.3 Å². The first-order chi connectivity index (χ1) is 13.7. The molecule has 0 radical (unpaired) electrons. The number of nitrogens with one attached hydrogen (secondary N) is 1. The number of nitrogens with two attached hydrogens (primary N) is 1. The topological polar surface area (TPSA) is 95.3 Å². The van der Waals surface area contributed by atoms with Crippen molar-refractivity contribution in [2.45, 2.75) is 13.1 Å². The molecule has 0 saturated carbocycles. The maximum atomic E-state index is 13.1. The molecule has 3 rings (SSSR count). The summed E-state index contributed by atoms with van der Waals surface area (Å²) in [4.78, 5) is 12.5. The van der Waals surface area contributed by atoms with E-state index in [-0.39, 0.29) is 12.4 Å². The number of aryl methyl sites for hydroxylation is 2. The first-order valence-corrected chi connectivity index (χ1v) is 8.65. The van der Waals surface area contributed by atoms with E-state index >= 15 is 0 Å². The third kappa shape index (κ3) is 4.43. The highest BCUT2D eigenvalue weighted by Gasteiger charge is 2.40. The molecule has 2 heterocycles. The van der Waals surface area contributed by atoms with Crippen LogP contribution in [0, 0.1) is 6.92 Å². The number of hydrogen-bond acceptors (Lipinski definition) is 5. The second-order valence-corrected chi connectivity index (χ2v) is 6.24. The summed E-state index contributed by atoms with van der Waals surface area (Å²) in [5.41, 5.74) is 6.50. The van der Waals surface area contributed by atoms with Crippen molar-refractivity contribution in [2.24, 2.45) is 12.8 Å². The molecule has 0 saturated heterocycles. The summed E-state index contributed by atoms with van der Waals surface area (Å²) < 4.78 is 51.3. The molecule has 1 aromatic carbocycles. The van der Waals surface area contributed by atoms with Gasteiger partial charge < -0.3 is 20.2 Å². The third-order valence-corrected chi connectivity index (χ3v) is 4.07. The van der Waals surface area contributed by atoms with E-state index in [1.165, 1.54) is 13.0 Å². The summed E-state index contributed by atoms with van der Waals surface area (Å²) in [6.45, 7) is 1.93. The first kappa shape index (κ1) is 20.5. The second kappa shape index (κ2) is 8.00. The Labute approximate surface area is 164 Å². The SMILES string of the molecule is Cc1cc(C(=O)Nc2ccc(OCCN)c(-c3ccnn3C)c2)c(C(F)(F)F)o1. The highest BCUT2D eigenvalue weighted by Crippen LogP contribution is 2.35. The molecule has 7 nitrogen and oxygen atoms in total. The monoisotopic (exact) mass is 408 g/mol. The van der Waals surface area contributed by atoms with Crippen molar-refractivity contribution < 1.29 is 27.1 Å². The minimum Gasteiger partial charge on any atom is -0.492 e. The lowest BCUT2D eigenvalue weighted by Gasteiger charge is -2.14. The zero-order chi connectivity index (χ0) is 21.2. The van der Waals surface area contributed by atoms with Gasteiger partial charge in [-0.3, -0.25) is 9.48 Å². The van der Waals surface area contributed by atoms with Gasteiger partial charge in [-0.15, -0.1) is 0 Å². The number of carbonyl (C=O) groups is 1. The highest BCUT2D eigenvalue weighted by atomic mass is 19.4. The van der Waals surface area contributed by atoms with Crippen LogP contribution in [0.25, 0.3) is 11.3 Å². The molecule has 154 valence electrons. The van der Waals surface area contributed by atoms with Crippen molar-refractivity contribution in [3.8, 4) is 17.0 Å². The zero-order valence-electron chi connectivity index (χ0n) is 15.7. The van der Waals surface area contributed by atoms with Gasteiger partial charge >= 0.3 is 6.18 Å². The minimum atomic E-state index is -4.78. The van der Waals surface area contributed by atoms with Gasteiger partial charge in [0, 0.05) is 31.0 Å². The number of halogens is 3. The molecular weight excluding hydrogens is 389 g/mol. The summed E-state index contributed by atoms with van der Waals surface area (Å²) in [6.07, 6.45) is -3.18. The van der Waals surface area contributed by atoms with E-state index in [0.717, 1.165) is 6.07 Å². The summed E-state index contributed by atoms with van der Waals surface area (Å²) >= 11 is 0. The fourth-order valence-corrected chi connectivity index (χ4v) is 2.83. The van der Waals surface area contributed by atoms with Gasteiger partial charge in [0.25, 0.3) is 5.91 Å². The Morgan fingerprint density at radius 2 is 2.07 bits per heavy atom. The molecule has 3 N–H and O–H groups in total. The number of benzene rings is 1. The Morgan fingerprint density at radius 3 is 2.69 bits per heavy atom. The molecule has 0 aliphatic rings. The van der Waals surface area contributed by atoms with E-state index in [9.17, 15) is 18.0 Å². The zero-order valence-corrected chi connectivity index (χ0v) is 15.7. The maximum Gasteiger partial charge on any atom is 0.450 e. The van der Waals surface area contributed by atoms with Gasteiger partial charge in [0.1, 0.15) is 18.1 Å². The Bertz CT molecular complexity index is 1020. The molecule has 0 bridgehead atoms. The number of alkyl halides is 3. The highest BCUT2D eigenvalue weighted by molar-refractivity contribution is 6.05. The Morgan fingerprint density at radius 1 is 1.31 bits per heavy atom. The number of amides is 1. The van der Waals surface area contributed by atoms with Crippen molar-refractivity contribution in [3.63, 3.8) is 0 Å². The molecule has 0 fully saturated rings. The van der Waals surface area contributed by atoms with Crippen molar-refractivity contribution in [1.82, 2.24) is 9.78 Å². The Balaban J connectivity index is 1.94. The second-order valence-electron chi connectivity index (χ2n) is 6.24. The molecule has 3 aromatic rings. The Kier molecular flexibility index (Phi) is 5.64. The smallest absolute Gasteiger partial charge is 0.450 e. The van der Waals surface area contributed by atoms with Crippen LogP contribution in [-0.4, -0.2) is 28.8 Å². The van der Waals surface area contributed by atoms with Crippen molar-refractivity contribution in [3.05, 3.63) is 53.6 Å². The standard InChI is InChI=1S/C19H19F3N4O3/c1-11-9-14(17(29-11)19(20,21)22)18(27)25-12-3-4-16(28-8-6-23)13(10-12)15-5-7-24-26(15)2/h3-5,7,9-10H,6,8,23H2,1-2H3,(H,25,27). The van der Waals surface area contributed by atoms with Crippen LogP contribution < -0.4 is 15.8 Å². The van der Waals surface area contributed by atoms with Gasteiger partial charge in [0.2, 0.25) is 5.76 Å². The van der Waals surface area contributed by atoms with Crippen LogP contribution in [0.5, 0.6) is 5.75 Å². The third-order valence-electron chi connectivity index (χ3n) is 4.07. The van der Waals surface area contributed by atoms with E-state index in [1.54, 1.807) is 36.1 Å². The minimum absolute atomic E-state index is 0.0106. The number of anilines is 1. The molecule has 0 aliphatic heterocycles. The van der Waals surface area contributed by atoms with E-state index in [4.69, 9.17) is 10.5 Å². The number of aromatic nitrogens is 2. The van der Waals surface area contributed by atoms with Crippen LogP contribution in [-0.2, 0) is 13.2 Å². The number of hydrogen-bond donors (Lipinski definition) is 2. The predicted octanol–water partition coefficient (Wildman–Crippen LogP) is 3.60. The number of rotatable bonds is 6. The molecule has 0 unspecified atom stereocenters. The quantitative estimate of drug-likeness (QED) is 0.650. The maximum absolute atomic E-state index is 13.1. The predicted molar refractivity (Wildman–Crippen MR) is 99.6 cm³/mol. The molecule has 10 heteroatoms. The van der Waals surface area contributed by atoms with Gasteiger partial charge in [-0.25, -0.2) is 0 Å². The van der Waals surface area contributed by atoms with Gasteiger partial charge in [-0.05, 0) is 37.3 Å². The number of carbonyl (C=O) groups excluding carboxylic acids is 1. The fraction of sp³-hybridized carbons (Fsp3) is 0.263. The van der Waals surface area contributed by atoms with Gasteiger partial charge in [0.15, 0.2) is 0 Å². The first-order valence-electron chi connectivity index (χ1n) is 8.65. The van der Waals surface area contributed by atoms with Crippen molar-refractivity contribution in [1.29, 1.82) is 0 Å². The molecule has 0 aliphatic carbocycles. The lowest BCUT2D eigenvalue weighted by atomic mass is 10.1. The number of furan rings is 1. The van der Waals surface area contributed by atoms with E-state index in [0.29, 0.717) is 29.2 Å². The lowest BCUT2D eigenvalue weighted by Crippen LogP contribution is -2.17. The summed E-state index contributed by atoms with van der Waals surface area (Å²) in [7, 11) is 1.73. The van der Waals surface area contributed by atoms with Crippen LogP contribution >= 0.6 is 0 Å². The normalized spacial score (nSPS) is 11.5. The van der Waals surface area contributed by atoms with Crippen molar-refractivity contribution in [2.75, 3.05) is 18.5 Å². The fourth-order valence-electron chi connectivity index (χ4n) is 2.83. The lowest BCUT2D eigenvalue weighted by molar-refractivity contribution is -0.153.